The summed E-state index contributed by atoms with van der Waals surface area (Å²) in [6.07, 6.45) is 3.10. The van der Waals surface area contributed by atoms with Crippen molar-refractivity contribution >= 4 is 0 Å². The van der Waals surface area contributed by atoms with Crippen LogP contribution in [-0.4, -0.2) is 34.6 Å². The Morgan fingerprint density at radius 2 is 1.33 bits per heavy atom. The van der Waals surface area contributed by atoms with Gasteiger partial charge in [-0.15, -0.1) is 0 Å². The quantitative estimate of drug-likeness (QED) is 0.631. The average molecular weight is 212 g/mol. The van der Waals surface area contributed by atoms with Crippen molar-refractivity contribution in [2.75, 3.05) is 0 Å². The fourth-order valence-corrected chi connectivity index (χ4v) is 4.18. The topological polar surface area (TPSA) is 49.7 Å². The minimum atomic E-state index is -0.564. The van der Waals surface area contributed by atoms with E-state index in [2.05, 4.69) is 13.8 Å². The molecule has 2 saturated heterocycles. The van der Waals surface area contributed by atoms with Crippen LogP contribution in [0.15, 0.2) is 0 Å². The fraction of sp³-hybridized carbons (Fsp3) is 1.00. The average Bonchev–Trinajstić information content (AvgIpc) is 2.69. The maximum absolute atomic E-state index is 9.83. The van der Waals surface area contributed by atoms with Gasteiger partial charge in [0.25, 0.3) is 0 Å². The second kappa shape index (κ2) is 2.76. The maximum Gasteiger partial charge on any atom is 0.0805 e. The van der Waals surface area contributed by atoms with Gasteiger partial charge in [0.2, 0.25) is 0 Å². The number of aliphatic hydroxyl groups excluding tert-OH is 2. The van der Waals surface area contributed by atoms with Crippen molar-refractivity contribution < 1.29 is 14.9 Å². The van der Waals surface area contributed by atoms with Crippen LogP contribution < -0.4 is 0 Å². The summed E-state index contributed by atoms with van der Waals surface area (Å²) in [5, 5.41) is 19.7. The lowest BCUT2D eigenvalue weighted by molar-refractivity contribution is -0.122. The Morgan fingerprint density at radius 3 is 1.73 bits per heavy atom. The van der Waals surface area contributed by atoms with Crippen LogP contribution in [0.3, 0.4) is 0 Å². The van der Waals surface area contributed by atoms with Crippen LogP contribution in [0.4, 0.5) is 0 Å². The van der Waals surface area contributed by atoms with Crippen LogP contribution in [0.25, 0.3) is 0 Å². The van der Waals surface area contributed by atoms with Gasteiger partial charge < -0.3 is 14.9 Å². The van der Waals surface area contributed by atoms with Gasteiger partial charge in [0.05, 0.1) is 24.4 Å². The van der Waals surface area contributed by atoms with E-state index >= 15 is 0 Å². The first-order valence-electron chi connectivity index (χ1n) is 5.99. The highest BCUT2D eigenvalue weighted by molar-refractivity contribution is 5.15. The molecule has 0 amide bonds. The predicted molar refractivity (Wildman–Crippen MR) is 55.4 cm³/mol. The molecule has 86 valence electrons. The highest BCUT2D eigenvalue weighted by Gasteiger charge is 2.66. The van der Waals surface area contributed by atoms with E-state index in [9.17, 15) is 10.2 Å². The van der Waals surface area contributed by atoms with E-state index in [-0.39, 0.29) is 10.8 Å². The standard InChI is InChI=1S/C12H20O3/c1-11-5-7(13)8(14)6-12(11,2)10-4-3-9(11)15-10/h7-10,13-14H,3-6H2,1-2H3. The summed E-state index contributed by atoms with van der Waals surface area (Å²) < 4.78 is 6.00. The van der Waals surface area contributed by atoms with E-state index in [1.165, 1.54) is 0 Å². The van der Waals surface area contributed by atoms with E-state index in [1.807, 2.05) is 0 Å². The third-order valence-electron chi connectivity index (χ3n) is 5.46. The number of aliphatic hydroxyl groups is 2. The summed E-state index contributed by atoms with van der Waals surface area (Å²) in [6.45, 7) is 4.46. The Hall–Kier alpha value is -0.120. The summed E-state index contributed by atoms with van der Waals surface area (Å²) in [7, 11) is 0. The van der Waals surface area contributed by atoms with Crippen molar-refractivity contribution in [2.24, 2.45) is 10.8 Å². The van der Waals surface area contributed by atoms with Crippen molar-refractivity contribution in [3.8, 4) is 0 Å². The molecule has 0 aromatic rings. The van der Waals surface area contributed by atoms with Gasteiger partial charge in [-0.2, -0.15) is 0 Å². The molecule has 3 aliphatic rings. The Bertz CT molecular complexity index is 265. The molecule has 0 radical (unpaired) electrons. The molecule has 3 rings (SSSR count). The number of ether oxygens (including phenoxy) is 1. The largest absolute Gasteiger partial charge is 0.390 e. The van der Waals surface area contributed by atoms with Crippen molar-refractivity contribution in [2.45, 2.75) is 63.9 Å². The Labute approximate surface area is 90.4 Å². The highest BCUT2D eigenvalue weighted by atomic mass is 16.5. The first kappa shape index (κ1) is 10.1. The van der Waals surface area contributed by atoms with Gasteiger partial charge in [-0.05, 0) is 25.7 Å². The van der Waals surface area contributed by atoms with E-state index in [1.54, 1.807) is 0 Å². The first-order valence-corrected chi connectivity index (χ1v) is 5.99. The van der Waals surface area contributed by atoms with Crippen molar-refractivity contribution in [1.82, 2.24) is 0 Å². The molecule has 2 aliphatic heterocycles. The first-order chi connectivity index (χ1) is 6.97. The molecule has 2 N–H and O–H groups in total. The van der Waals surface area contributed by atoms with E-state index in [0.29, 0.717) is 25.0 Å². The molecule has 6 atom stereocenters. The molecule has 2 bridgehead atoms. The lowest BCUT2D eigenvalue weighted by Crippen LogP contribution is -2.56. The van der Waals surface area contributed by atoms with Crippen LogP contribution in [-0.2, 0) is 4.74 Å². The van der Waals surface area contributed by atoms with Crippen molar-refractivity contribution in [3.05, 3.63) is 0 Å². The molecular formula is C12H20O3. The highest BCUT2D eigenvalue weighted by Crippen LogP contribution is 2.65. The molecule has 0 spiro atoms. The molecule has 0 aromatic carbocycles. The van der Waals surface area contributed by atoms with Crippen molar-refractivity contribution in [3.63, 3.8) is 0 Å². The summed E-state index contributed by atoms with van der Waals surface area (Å²) in [4.78, 5) is 0. The van der Waals surface area contributed by atoms with Crippen LogP contribution in [0.5, 0.6) is 0 Å². The molecule has 6 unspecified atom stereocenters. The molecular weight excluding hydrogens is 192 g/mol. The maximum atomic E-state index is 9.83. The number of hydrogen-bond acceptors (Lipinski definition) is 3. The van der Waals surface area contributed by atoms with Gasteiger partial charge in [-0.3, -0.25) is 0 Å². The van der Waals surface area contributed by atoms with Crippen molar-refractivity contribution in [1.29, 1.82) is 0 Å². The van der Waals surface area contributed by atoms with E-state index < -0.39 is 12.2 Å². The zero-order chi connectivity index (χ0) is 10.8. The van der Waals surface area contributed by atoms with Crippen LogP contribution in [0.2, 0.25) is 0 Å². The van der Waals surface area contributed by atoms with Crippen LogP contribution in [0.1, 0.15) is 39.5 Å². The van der Waals surface area contributed by atoms with Gasteiger partial charge in [0, 0.05) is 10.8 Å². The molecule has 0 aromatic heterocycles. The third-order valence-corrected chi connectivity index (χ3v) is 5.46. The van der Waals surface area contributed by atoms with Gasteiger partial charge in [0.15, 0.2) is 0 Å². The molecule has 1 saturated carbocycles. The monoisotopic (exact) mass is 212 g/mol. The zero-order valence-corrected chi connectivity index (χ0v) is 9.44. The molecule has 3 heteroatoms. The second-order valence-corrected chi connectivity index (χ2v) is 6.07. The molecule has 15 heavy (non-hydrogen) atoms. The lowest BCUT2D eigenvalue weighted by atomic mass is 9.51. The minimum Gasteiger partial charge on any atom is -0.390 e. The number of rotatable bonds is 0. The van der Waals surface area contributed by atoms with Gasteiger partial charge in [0.1, 0.15) is 0 Å². The minimum absolute atomic E-state index is 0.0641. The Morgan fingerprint density at radius 1 is 0.933 bits per heavy atom. The number of fused-ring (bicyclic) bond motifs is 5. The zero-order valence-electron chi connectivity index (χ0n) is 9.44. The smallest absolute Gasteiger partial charge is 0.0805 e. The molecule has 2 heterocycles. The van der Waals surface area contributed by atoms with Gasteiger partial charge in [-0.25, -0.2) is 0 Å². The molecule has 1 aliphatic carbocycles. The summed E-state index contributed by atoms with van der Waals surface area (Å²) in [5.41, 5.74) is 0.128. The fourth-order valence-electron chi connectivity index (χ4n) is 4.18. The summed E-state index contributed by atoms with van der Waals surface area (Å²) >= 11 is 0. The predicted octanol–water partition coefficient (Wildman–Crippen LogP) is 1.08. The van der Waals surface area contributed by atoms with Crippen LogP contribution >= 0.6 is 0 Å². The van der Waals surface area contributed by atoms with Crippen LogP contribution in [0, 0.1) is 10.8 Å². The SMILES string of the molecule is CC12CC(O)C(O)CC1(C)C1CCC2O1. The number of hydrogen-bond donors (Lipinski definition) is 2. The van der Waals surface area contributed by atoms with Gasteiger partial charge >= 0.3 is 0 Å². The molecule has 3 fully saturated rings. The van der Waals surface area contributed by atoms with Gasteiger partial charge in [-0.1, -0.05) is 13.8 Å². The summed E-state index contributed by atoms with van der Waals surface area (Å²) in [5.74, 6) is 0. The molecule has 3 nitrogen and oxygen atoms in total. The Balaban J connectivity index is 1.99. The normalized spacial score (nSPS) is 63.2. The summed E-state index contributed by atoms with van der Waals surface area (Å²) in [6, 6.07) is 0. The van der Waals surface area contributed by atoms with E-state index in [0.717, 1.165) is 12.8 Å². The Kier molecular flexibility index (Phi) is 1.85. The second-order valence-electron chi connectivity index (χ2n) is 6.07. The van der Waals surface area contributed by atoms with E-state index in [4.69, 9.17) is 4.74 Å². The lowest BCUT2D eigenvalue weighted by Gasteiger charge is -2.53. The third kappa shape index (κ3) is 1.02.